The van der Waals surface area contributed by atoms with Crippen molar-refractivity contribution in [2.75, 3.05) is 17.9 Å². The van der Waals surface area contributed by atoms with Gasteiger partial charge in [0.2, 0.25) is 11.9 Å². The molecular formula is C13H16N6O. The van der Waals surface area contributed by atoms with E-state index in [1.165, 1.54) is 24.7 Å². The molecule has 1 aromatic heterocycles. The van der Waals surface area contributed by atoms with Gasteiger partial charge in [0.05, 0.1) is 7.11 Å². The molecule has 20 heavy (non-hydrogen) atoms. The lowest BCUT2D eigenvalue weighted by Gasteiger charge is -2.09. The zero-order valence-electron chi connectivity index (χ0n) is 11.2. The Kier molecular flexibility index (Phi) is 3.34. The average molecular weight is 272 g/mol. The summed E-state index contributed by atoms with van der Waals surface area (Å²) < 4.78 is 5.01. The largest absolute Gasteiger partial charge is 0.467 e. The number of ether oxygens (including phenoxy) is 1. The lowest BCUT2D eigenvalue weighted by atomic mass is 10.1. The molecule has 4 N–H and O–H groups in total. The Bertz CT molecular complexity index is 608. The second kappa shape index (κ2) is 5.30. The number of aryl methyl sites for hydroxylation is 2. The molecule has 7 nitrogen and oxygen atoms in total. The summed E-state index contributed by atoms with van der Waals surface area (Å²) in [4.78, 5) is 12.2. The van der Waals surface area contributed by atoms with Crippen LogP contribution >= 0.6 is 0 Å². The van der Waals surface area contributed by atoms with Gasteiger partial charge in [-0.15, -0.1) is 0 Å². The monoisotopic (exact) mass is 272 g/mol. The lowest BCUT2D eigenvalue weighted by Crippen LogP contribution is -2.13. The highest BCUT2D eigenvalue weighted by molar-refractivity contribution is 5.57. The number of hydrogen-bond donors (Lipinski definition) is 3. The molecule has 0 fully saturated rings. The first-order chi connectivity index (χ1) is 9.78. The molecule has 7 heteroatoms. The number of nitrogen functional groups attached to an aromatic ring is 1. The minimum absolute atomic E-state index is 0.205. The predicted octanol–water partition coefficient (Wildman–Crippen LogP) is 1.40. The van der Waals surface area contributed by atoms with Gasteiger partial charge in [0.25, 0.3) is 0 Å². The van der Waals surface area contributed by atoms with Crippen molar-refractivity contribution in [3.63, 3.8) is 0 Å². The van der Waals surface area contributed by atoms with Crippen molar-refractivity contribution in [3.8, 4) is 6.01 Å². The smallest absolute Gasteiger partial charge is 0.322 e. The maximum atomic E-state index is 5.32. The van der Waals surface area contributed by atoms with Crippen molar-refractivity contribution < 1.29 is 4.74 Å². The van der Waals surface area contributed by atoms with Gasteiger partial charge < -0.3 is 10.1 Å². The van der Waals surface area contributed by atoms with Gasteiger partial charge in [-0.05, 0) is 42.5 Å². The van der Waals surface area contributed by atoms with Gasteiger partial charge in [-0.3, -0.25) is 5.43 Å². The summed E-state index contributed by atoms with van der Waals surface area (Å²) in [6.45, 7) is 0. The first kappa shape index (κ1) is 12.6. The standard InChI is InChI=1S/C13H16N6O/c1-20-13-17-11(16-12(18-13)19-14)15-10-6-5-8-3-2-4-9(8)7-10/h5-7H,2-4,14H2,1H3,(H2,15,16,17,18,19). The SMILES string of the molecule is COc1nc(NN)nc(Nc2ccc3c(c2)CCC3)n1. The zero-order chi connectivity index (χ0) is 13.9. The van der Waals surface area contributed by atoms with Crippen molar-refractivity contribution in [2.24, 2.45) is 5.84 Å². The minimum atomic E-state index is 0.205. The molecule has 0 atom stereocenters. The van der Waals surface area contributed by atoms with E-state index >= 15 is 0 Å². The normalized spacial score (nSPS) is 12.9. The van der Waals surface area contributed by atoms with Crippen LogP contribution in [0.2, 0.25) is 0 Å². The predicted molar refractivity (Wildman–Crippen MR) is 75.9 cm³/mol. The van der Waals surface area contributed by atoms with Gasteiger partial charge in [-0.2, -0.15) is 15.0 Å². The Morgan fingerprint density at radius 3 is 2.70 bits per heavy atom. The fourth-order valence-corrected chi connectivity index (χ4v) is 2.35. The van der Waals surface area contributed by atoms with Crippen LogP contribution in [0.1, 0.15) is 17.5 Å². The third-order valence-electron chi connectivity index (χ3n) is 3.28. The molecule has 2 aromatic rings. The maximum absolute atomic E-state index is 5.32. The summed E-state index contributed by atoms with van der Waals surface area (Å²) in [5.74, 6) is 5.97. The number of methoxy groups -OCH3 is 1. The number of nitrogens with one attached hydrogen (secondary N) is 2. The molecule has 0 aliphatic heterocycles. The van der Waals surface area contributed by atoms with Gasteiger partial charge in [-0.25, -0.2) is 5.84 Å². The van der Waals surface area contributed by atoms with Gasteiger partial charge in [0.1, 0.15) is 0 Å². The van der Waals surface area contributed by atoms with E-state index in [0.717, 1.165) is 18.5 Å². The van der Waals surface area contributed by atoms with Crippen LogP contribution in [-0.2, 0) is 12.8 Å². The van der Waals surface area contributed by atoms with Gasteiger partial charge in [0.15, 0.2) is 0 Å². The second-order valence-corrected chi connectivity index (χ2v) is 4.58. The molecule has 0 unspecified atom stereocenters. The van der Waals surface area contributed by atoms with E-state index in [0.29, 0.717) is 5.95 Å². The van der Waals surface area contributed by atoms with E-state index < -0.39 is 0 Å². The molecule has 1 aromatic carbocycles. The molecule has 0 radical (unpaired) electrons. The van der Waals surface area contributed by atoms with Gasteiger partial charge >= 0.3 is 6.01 Å². The third kappa shape index (κ3) is 2.48. The number of benzene rings is 1. The van der Waals surface area contributed by atoms with Crippen LogP contribution in [0.4, 0.5) is 17.6 Å². The van der Waals surface area contributed by atoms with Crippen LogP contribution in [0.15, 0.2) is 18.2 Å². The van der Waals surface area contributed by atoms with Crippen molar-refractivity contribution >= 4 is 17.6 Å². The number of nitrogens with two attached hydrogens (primary N) is 1. The molecule has 0 spiro atoms. The molecular weight excluding hydrogens is 256 g/mol. The highest BCUT2D eigenvalue weighted by Crippen LogP contribution is 2.26. The van der Waals surface area contributed by atoms with Crippen LogP contribution < -0.4 is 21.3 Å². The molecule has 0 amide bonds. The lowest BCUT2D eigenvalue weighted by molar-refractivity contribution is 0.379. The number of fused-ring (bicyclic) bond motifs is 1. The number of nitrogens with zero attached hydrogens (tertiary/aromatic N) is 3. The van der Waals surface area contributed by atoms with E-state index in [4.69, 9.17) is 10.6 Å². The van der Waals surface area contributed by atoms with E-state index in [1.807, 2.05) is 6.07 Å². The van der Waals surface area contributed by atoms with Gasteiger partial charge in [0, 0.05) is 5.69 Å². The van der Waals surface area contributed by atoms with Crippen molar-refractivity contribution in [1.29, 1.82) is 0 Å². The van der Waals surface area contributed by atoms with E-state index in [2.05, 4.69) is 37.8 Å². The quantitative estimate of drug-likeness (QED) is 0.571. The number of rotatable bonds is 4. The van der Waals surface area contributed by atoms with Crippen LogP contribution in [0.5, 0.6) is 6.01 Å². The summed E-state index contributed by atoms with van der Waals surface area (Å²) in [7, 11) is 1.49. The van der Waals surface area contributed by atoms with Crippen molar-refractivity contribution in [1.82, 2.24) is 15.0 Å². The molecule has 3 rings (SSSR count). The Morgan fingerprint density at radius 1 is 1.10 bits per heavy atom. The zero-order valence-corrected chi connectivity index (χ0v) is 11.2. The molecule has 0 saturated heterocycles. The highest BCUT2D eigenvalue weighted by Gasteiger charge is 2.12. The van der Waals surface area contributed by atoms with Crippen LogP contribution in [0.25, 0.3) is 0 Å². The molecule has 1 aliphatic carbocycles. The maximum Gasteiger partial charge on any atom is 0.322 e. The van der Waals surface area contributed by atoms with E-state index in [9.17, 15) is 0 Å². The number of hydrazine groups is 1. The Labute approximate surface area is 116 Å². The first-order valence-electron chi connectivity index (χ1n) is 6.44. The number of hydrogen-bond acceptors (Lipinski definition) is 7. The van der Waals surface area contributed by atoms with Crippen LogP contribution in [0.3, 0.4) is 0 Å². The van der Waals surface area contributed by atoms with Crippen LogP contribution in [0, 0.1) is 0 Å². The van der Waals surface area contributed by atoms with Crippen molar-refractivity contribution in [3.05, 3.63) is 29.3 Å². The molecule has 1 aliphatic rings. The first-order valence-corrected chi connectivity index (χ1v) is 6.44. The fraction of sp³-hybridized carbons (Fsp3) is 0.308. The van der Waals surface area contributed by atoms with E-state index in [-0.39, 0.29) is 12.0 Å². The topological polar surface area (TPSA) is 98.0 Å². The number of aromatic nitrogens is 3. The summed E-state index contributed by atoms with van der Waals surface area (Å²) in [5.41, 5.74) is 6.14. The molecule has 1 heterocycles. The Hall–Kier alpha value is -2.41. The highest BCUT2D eigenvalue weighted by atomic mass is 16.5. The fourth-order valence-electron chi connectivity index (χ4n) is 2.35. The molecule has 0 saturated carbocycles. The Morgan fingerprint density at radius 2 is 1.90 bits per heavy atom. The van der Waals surface area contributed by atoms with Gasteiger partial charge in [-0.1, -0.05) is 6.07 Å². The summed E-state index contributed by atoms with van der Waals surface area (Å²) in [6, 6.07) is 6.51. The van der Waals surface area contributed by atoms with Crippen LogP contribution in [-0.4, -0.2) is 22.1 Å². The third-order valence-corrected chi connectivity index (χ3v) is 3.28. The summed E-state index contributed by atoms with van der Waals surface area (Å²) in [6.07, 6.45) is 3.51. The summed E-state index contributed by atoms with van der Waals surface area (Å²) >= 11 is 0. The summed E-state index contributed by atoms with van der Waals surface area (Å²) in [5, 5.41) is 3.15. The second-order valence-electron chi connectivity index (χ2n) is 4.58. The average Bonchev–Trinajstić information content (AvgIpc) is 2.94. The van der Waals surface area contributed by atoms with Crippen molar-refractivity contribution in [2.45, 2.75) is 19.3 Å². The number of anilines is 3. The Balaban J connectivity index is 1.87. The minimum Gasteiger partial charge on any atom is -0.467 e. The molecule has 0 bridgehead atoms. The molecule has 104 valence electrons. The van der Waals surface area contributed by atoms with E-state index in [1.54, 1.807) is 0 Å².